The van der Waals surface area contributed by atoms with E-state index in [1.165, 1.54) is 0 Å². The average Bonchev–Trinajstić information content (AvgIpc) is 2.84. The van der Waals surface area contributed by atoms with Gasteiger partial charge in [0.1, 0.15) is 16.5 Å². The van der Waals surface area contributed by atoms with Crippen molar-refractivity contribution in [2.45, 2.75) is 13.3 Å². The van der Waals surface area contributed by atoms with Gasteiger partial charge in [-0.25, -0.2) is 0 Å². The van der Waals surface area contributed by atoms with Crippen LogP contribution in [0.1, 0.15) is 12.5 Å². The second kappa shape index (κ2) is 5.40. The quantitative estimate of drug-likeness (QED) is 0.933. The van der Waals surface area contributed by atoms with Crippen LogP contribution in [0.25, 0.3) is 11.3 Å². The van der Waals surface area contributed by atoms with E-state index in [-0.39, 0.29) is 5.88 Å². The van der Waals surface area contributed by atoms with Gasteiger partial charge in [0.2, 0.25) is 5.88 Å². The van der Waals surface area contributed by atoms with Crippen LogP contribution >= 0.6 is 11.6 Å². The smallest absolute Gasteiger partial charge is 0.222 e. The highest BCUT2D eigenvalue weighted by Crippen LogP contribution is 2.44. The van der Waals surface area contributed by atoms with E-state index in [0.29, 0.717) is 22.2 Å². The van der Waals surface area contributed by atoms with Crippen LogP contribution in [0.4, 0.5) is 5.88 Å². The van der Waals surface area contributed by atoms with Crippen LogP contribution in [0, 0.1) is 0 Å². The molecule has 0 radical (unpaired) electrons. The summed E-state index contributed by atoms with van der Waals surface area (Å²) < 4.78 is 15.6. The third kappa shape index (κ3) is 2.33. The number of aryl methyl sites for hydroxylation is 1. The maximum Gasteiger partial charge on any atom is 0.222 e. The van der Waals surface area contributed by atoms with Gasteiger partial charge >= 0.3 is 0 Å². The molecule has 0 bridgehead atoms. The molecule has 1 aromatic heterocycles. The second-order valence-electron chi connectivity index (χ2n) is 3.93. The molecule has 2 rings (SSSR count). The molecule has 2 aromatic rings. The van der Waals surface area contributed by atoms with Crippen LogP contribution in [0.5, 0.6) is 11.5 Å². The van der Waals surface area contributed by atoms with Crippen molar-refractivity contribution in [2.24, 2.45) is 0 Å². The molecule has 0 saturated carbocycles. The van der Waals surface area contributed by atoms with Crippen molar-refractivity contribution in [3.8, 4) is 22.8 Å². The number of anilines is 1. The van der Waals surface area contributed by atoms with Gasteiger partial charge in [0.05, 0.1) is 14.2 Å². The van der Waals surface area contributed by atoms with Gasteiger partial charge in [0, 0.05) is 11.6 Å². The summed E-state index contributed by atoms with van der Waals surface area (Å²) in [5.41, 5.74) is 7.81. The van der Waals surface area contributed by atoms with Crippen molar-refractivity contribution >= 4 is 17.5 Å². The summed E-state index contributed by atoms with van der Waals surface area (Å²) in [5, 5.41) is 4.30. The van der Waals surface area contributed by atoms with Gasteiger partial charge in [-0.3, -0.25) is 0 Å². The van der Waals surface area contributed by atoms with Gasteiger partial charge < -0.3 is 19.7 Å². The molecule has 0 amide bonds. The number of methoxy groups -OCH3 is 2. The number of benzene rings is 1. The maximum atomic E-state index is 6.32. The van der Waals surface area contributed by atoms with Gasteiger partial charge in [-0.05, 0) is 18.1 Å². The molecule has 0 spiro atoms. The van der Waals surface area contributed by atoms with Crippen LogP contribution in [0.2, 0.25) is 5.02 Å². The average molecular weight is 283 g/mol. The number of rotatable bonds is 4. The minimum Gasteiger partial charge on any atom is -0.495 e. The van der Waals surface area contributed by atoms with Crippen molar-refractivity contribution in [3.63, 3.8) is 0 Å². The molecule has 6 heteroatoms. The van der Waals surface area contributed by atoms with Gasteiger partial charge in [0.25, 0.3) is 0 Å². The van der Waals surface area contributed by atoms with Gasteiger partial charge in [-0.2, -0.15) is 0 Å². The number of nitrogen functional groups attached to an aromatic ring is 1. The first kappa shape index (κ1) is 13.5. The van der Waals surface area contributed by atoms with Crippen molar-refractivity contribution in [3.05, 3.63) is 22.7 Å². The van der Waals surface area contributed by atoms with E-state index in [9.17, 15) is 0 Å². The normalized spacial score (nSPS) is 10.5. The number of hydrogen-bond acceptors (Lipinski definition) is 5. The van der Waals surface area contributed by atoms with Crippen LogP contribution in [-0.4, -0.2) is 19.4 Å². The largest absolute Gasteiger partial charge is 0.495 e. The topological polar surface area (TPSA) is 70.5 Å². The van der Waals surface area contributed by atoms with E-state index in [0.717, 1.165) is 17.5 Å². The van der Waals surface area contributed by atoms with Gasteiger partial charge in [0.15, 0.2) is 5.75 Å². The van der Waals surface area contributed by atoms with Crippen molar-refractivity contribution in [1.82, 2.24) is 5.16 Å². The lowest BCUT2D eigenvalue weighted by Gasteiger charge is -2.15. The summed E-state index contributed by atoms with van der Waals surface area (Å²) in [6.45, 7) is 2.02. The van der Waals surface area contributed by atoms with E-state index in [2.05, 4.69) is 5.16 Å². The SMILES string of the molecule is CCc1cc(-c2cc(N)on2)c(OC)c(Cl)c1OC. The fraction of sp³-hybridized carbons (Fsp3) is 0.308. The molecule has 0 aliphatic heterocycles. The first-order valence-electron chi connectivity index (χ1n) is 5.78. The Balaban J connectivity index is 2.69. The summed E-state index contributed by atoms with van der Waals surface area (Å²) in [7, 11) is 3.12. The third-order valence-electron chi connectivity index (χ3n) is 2.85. The summed E-state index contributed by atoms with van der Waals surface area (Å²) in [6.07, 6.45) is 0.771. The highest BCUT2D eigenvalue weighted by molar-refractivity contribution is 6.34. The minimum atomic E-state index is 0.238. The predicted molar refractivity (Wildman–Crippen MR) is 73.8 cm³/mol. The molecule has 2 N–H and O–H groups in total. The van der Waals surface area contributed by atoms with E-state index >= 15 is 0 Å². The van der Waals surface area contributed by atoms with Crippen LogP contribution in [0.15, 0.2) is 16.7 Å². The summed E-state index contributed by atoms with van der Waals surface area (Å²) >= 11 is 6.32. The van der Waals surface area contributed by atoms with E-state index < -0.39 is 0 Å². The number of nitrogens with zero attached hydrogens (tertiary/aromatic N) is 1. The zero-order valence-electron chi connectivity index (χ0n) is 11.0. The summed E-state index contributed by atoms with van der Waals surface area (Å²) in [4.78, 5) is 0. The lowest BCUT2D eigenvalue weighted by molar-refractivity contribution is 0.392. The standard InChI is InChI=1S/C13H15ClN2O3/c1-4-7-5-8(9-6-10(15)19-16-9)13(18-3)11(14)12(7)17-2/h5-6H,4,15H2,1-3H3. The van der Waals surface area contributed by atoms with Gasteiger partial charge in [-0.1, -0.05) is 23.7 Å². The Bertz CT molecular complexity index is 596. The van der Waals surface area contributed by atoms with Crippen LogP contribution in [0.3, 0.4) is 0 Å². The van der Waals surface area contributed by atoms with Gasteiger partial charge in [-0.15, -0.1) is 0 Å². The molecule has 1 heterocycles. The number of hydrogen-bond donors (Lipinski definition) is 1. The molecule has 0 aliphatic rings. The second-order valence-corrected chi connectivity index (χ2v) is 4.31. The van der Waals surface area contributed by atoms with Crippen molar-refractivity contribution < 1.29 is 14.0 Å². The Labute approximate surface area is 116 Å². The van der Waals surface area contributed by atoms with E-state index in [1.54, 1.807) is 20.3 Å². The predicted octanol–water partition coefficient (Wildman–Crippen LogP) is 3.16. The lowest BCUT2D eigenvalue weighted by atomic mass is 10.0. The van der Waals surface area contributed by atoms with Crippen LogP contribution < -0.4 is 15.2 Å². The molecule has 0 atom stereocenters. The number of ether oxygens (including phenoxy) is 2. The lowest BCUT2D eigenvalue weighted by Crippen LogP contribution is -1.97. The Kier molecular flexibility index (Phi) is 3.85. The molecule has 1 aromatic carbocycles. The molecule has 0 fully saturated rings. The maximum absolute atomic E-state index is 6.32. The number of halogens is 1. The Morgan fingerprint density at radius 3 is 2.42 bits per heavy atom. The van der Waals surface area contributed by atoms with E-state index in [4.69, 9.17) is 31.3 Å². The van der Waals surface area contributed by atoms with E-state index in [1.807, 2.05) is 13.0 Å². The van der Waals surface area contributed by atoms with Crippen molar-refractivity contribution in [2.75, 3.05) is 20.0 Å². The fourth-order valence-corrected chi connectivity index (χ4v) is 2.33. The summed E-state index contributed by atoms with van der Waals surface area (Å²) in [5.74, 6) is 1.34. The Morgan fingerprint density at radius 1 is 1.26 bits per heavy atom. The van der Waals surface area contributed by atoms with Crippen molar-refractivity contribution in [1.29, 1.82) is 0 Å². The molecular weight excluding hydrogens is 268 g/mol. The molecule has 0 saturated heterocycles. The molecule has 102 valence electrons. The first-order chi connectivity index (χ1) is 9.12. The van der Waals surface area contributed by atoms with Crippen LogP contribution in [-0.2, 0) is 6.42 Å². The molecule has 0 aliphatic carbocycles. The number of nitrogens with two attached hydrogens (primary N) is 1. The monoisotopic (exact) mass is 282 g/mol. The molecule has 19 heavy (non-hydrogen) atoms. The molecule has 5 nitrogen and oxygen atoms in total. The third-order valence-corrected chi connectivity index (χ3v) is 3.19. The molecule has 0 unspecified atom stereocenters. The Hall–Kier alpha value is -1.88. The zero-order valence-corrected chi connectivity index (χ0v) is 11.7. The minimum absolute atomic E-state index is 0.238. The number of aromatic nitrogens is 1. The highest BCUT2D eigenvalue weighted by Gasteiger charge is 2.20. The highest BCUT2D eigenvalue weighted by atomic mass is 35.5. The molecular formula is C13H15ClN2O3. The fourth-order valence-electron chi connectivity index (χ4n) is 1.96. The zero-order chi connectivity index (χ0) is 14.0. The Morgan fingerprint density at radius 2 is 1.95 bits per heavy atom. The first-order valence-corrected chi connectivity index (χ1v) is 6.16. The summed E-state index contributed by atoms with van der Waals surface area (Å²) in [6, 6.07) is 3.54.